The summed E-state index contributed by atoms with van der Waals surface area (Å²) in [6, 6.07) is 6.23. The normalized spacial score (nSPS) is 17.6. The average Bonchev–Trinajstić information content (AvgIpc) is 3.15. The van der Waals surface area contributed by atoms with Crippen molar-refractivity contribution in [2.24, 2.45) is 0 Å². The molecule has 25 heavy (non-hydrogen) atoms. The first-order valence-corrected chi connectivity index (χ1v) is 8.56. The third-order valence-corrected chi connectivity index (χ3v) is 4.49. The first-order chi connectivity index (χ1) is 12.3. The molecular weight excluding hydrogens is 320 g/mol. The molecule has 1 atom stereocenters. The van der Waals surface area contributed by atoms with E-state index < -0.39 is 0 Å². The molecule has 0 unspecified atom stereocenters. The van der Waals surface area contributed by atoms with Crippen LogP contribution in [0.5, 0.6) is 11.5 Å². The summed E-state index contributed by atoms with van der Waals surface area (Å²) in [6.07, 6.45) is 3.77. The highest BCUT2D eigenvalue weighted by atomic mass is 16.7. The molecule has 1 fully saturated rings. The predicted molar refractivity (Wildman–Crippen MR) is 92.9 cm³/mol. The molecule has 1 aromatic heterocycles. The number of morpholine rings is 1. The zero-order chi connectivity index (χ0) is 17.1. The molecule has 7 heteroatoms. The maximum absolute atomic E-state index is 5.44. The number of ether oxygens (including phenoxy) is 3. The van der Waals surface area contributed by atoms with Crippen LogP contribution in [0.1, 0.15) is 24.1 Å². The lowest BCUT2D eigenvalue weighted by Crippen LogP contribution is -2.37. The molecule has 0 saturated carbocycles. The van der Waals surface area contributed by atoms with Crippen LogP contribution in [0.4, 0.5) is 5.95 Å². The molecule has 0 amide bonds. The zero-order valence-corrected chi connectivity index (χ0v) is 14.3. The van der Waals surface area contributed by atoms with Crippen molar-refractivity contribution in [2.45, 2.75) is 19.5 Å². The van der Waals surface area contributed by atoms with E-state index in [0.29, 0.717) is 13.3 Å². The third-order valence-electron chi connectivity index (χ3n) is 4.49. The van der Waals surface area contributed by atoms with Gasteiger partial charge in [-0.05, 0) is 24.6 Å². The smallest absolute Gasteiger partial charge is 0.231 e. The van der Waals surface area contributed by atoms with Crippen LogP contribution in [0, 0.1) is 0 Å². The zero-order valence-electron chi connectivity index (χ0n) is 14.3. The maximum atomic E-state index is 5.44. The molecule has 1 N–H and O–H groups in total. The van der Waals surface area contributed by atoms with E-state index in [1.807, 2.05) is 24.5 Å². The fraction of sp³-hybridized carbons (Fsp3) is 0.444. The molecule has 7 nitrogen and oxygen atoms in total. The van der Waals surface area contributed by atoms with E-state index in [1.54, 1.807) is 0 Å². The van der Waals surface area contributed by atoms with Crippen molar-refractivity contribution in [3.63, 3.8) is 0 Å². The van der Waals surface area contributed by atoms with E-state index in [4.69, 9.17) is 14.2 Å². The van der Waals surface area contributed by atoms with E-state index in [2.05, 4.69) is 33.2 Å². The molecule has 3 heterocycles. The molecule has 2 aliphatic rings. The molecule has 0 aliphatic carbocycles. The summed E-state index contributed by atoms with van der Waals surface area (Å²) in [7, 11) is 0. The van der Waals surface area contributed by atoms with Crippen LogP contribution in [0.3, 0.4) is 0 Å². The van der Waals surface area contributed by atoms with Crippen molar-refractivity contribution in [3.05, 3.63) is 41.7 Å². The third kappa shape index (κ3) is 3.67. The number of fused-ring (bicyclic) bond motifs is 1. The minimum absolute atomic E-state index is 0.188. The molecule has 0 spiro atoms. The lowest BCUT2D eigenvalue weighted by molar-refractivity contribution is 0.122. The van der Waals surface area contributed by atoms with E-state index in [0.717, 1.165) is 54.9 Å². The summed E-state index contributed by atoms with van der Waals surface area (Å²) in [4.78, 5) is 11.1. The number of benzene rings is 1. The van der Waals surface area contributed by atoms with Crippen molar-refractivity contribution in [1.82, 2.24) is 15.3 Å². The van der Waals surface area contributed by atoms with Gasteiger partial charge in [-0.1, -0.05) is 6.07 Å². The van der Waals surface area contributed by atoms with Crippen LogP contribution in [-0.4, -0.2) is 43.1 Å². The van der Waals surface area contributed by atoms with Crippen LogP contribution in [0.15, 0.2) is 30.6 Å². The first kappa shape index (κ1) is 16.1. The topological polar surface area (TPSA) is 68.7 Å². The minimum Gasteiger partial charge on any atom is -0.454 e. The Balaban J connectivity index is 1.34. The molecule has 0 radical (unpaired) electrons. The summed E-state index contributed by atoms with van der Waals surface area (Å²) in [6.45, 7) is 6.30. The Labute approximate surface area is 146 Å². The van der Waals surface area contributed by atoms with Gasteiger partial charge in [-0.15, -0.1) is 0 Å². The Bertz CT molecular complexity index is 717. The second-order valence-electron chi connectivity index (χ2n) is 6.21. The number of nitrogens with one attached hydrogen (secondary N) is 1. The van der Waals surface area contributed by atoms with Crippen molar-refractivity contribution in [3.8, 4) is 11.5 Å². The van der Waals surface area contributed by atoms with Crippen molar-refractivity contribution in [2.75, 3.05) is 38.0 Å². The number of hydrogen-bond donors (Lipinski definition) is 1. The van der Waals surface area contributed by atoms with Gasteiger partial charge in [0.1, 0.15) is 0 Å². The fourth-order valence-electron chi connectivity index (χ4n) is 2.94. The van der Waals surface area contributed by atoms with Gasteiger partial charge in [-0.3, -0.25) is 0 Å². The quantitative estimate of drug-likeness (QED) is 0.890. The number of hydrogen-bond acceptors (Lipinski definition) is 7. The van der Waals surface area contributed by atoms with Crippen LogP contribution < -0.4 is 19.7 Å². The van der Waals surface area contributed by atoms with Gasteiger partial charge in [0, 0.05) is 43.6 Å². The Kier molecular flexibility index (Phi) is 4.67. The second-order valence-corrected chi connectivity index (χ2v) is 6.21. The summed E-state index contributed by atoms with van der Waals surface area (Å²) in [5, 5.41) is 3.50. The average molecular weight is 342 g/mol. The number of rotatable bonds is 5. The van der Waals surface area contributed by atoms with Crippen LogP contribution in [0.25, 0.3) is 0 Å². The summed E-state index contributed by atoms with van der Waals surface area (Å²) < 4.78 is 16.1. The molecule has 1 aromatic carbocycles. The van der Waals surface area contributed by atoms with Crippen molar-refractivity contribution in [1.29, 1.82) is 0 Å². The Morgan fingerprint density at radius 1 is 1.12 bits per heavy atom. The van der Waals surface area contributed by atoms with Crippen molar-refractivity contribution >= 4 is 5.95 Å². The molecule has 2 aromatic rings. The molecule has 0 bridgehead atoms. The highest BCUT2D eigenvalue weighted by Crippen LogP contribution is 2.34. The lowest BCUT2D eigenvalue weighted by atomic mass is 10.1. The van der Waals surface area contributed by atoms with Gasteiger partial charge in [-0.2, -0.15) is 0 Å². The van der Waals surface area contributed by atoms with Crippen LogP contribution in [0.2, 0.25) is 0 Å². The van der Waals surface area contributed by atoms with Crippen molar-refractivity contribution < 1.29 is 14.2 Å². The molecule has 2 aliphatic heterocycles. The summed E-state index contributed by atoms with van der Waals surface area (Å²) in [5.74, 6) is 2.39. The molecule has 4 rings (SSSR count). The second kappa shape index (κ2) is 7.25. The SMILES string of the molecule is C[C@@H](NCc1cnc(N2CCOCC2)nc1)c1ccc2c(c1)OCO2. The van der Waals surface area contributed by atoms with Crippen LogP contribution >= 0.6 is 0 Å². The molecule has 132 valence electrons. The van der Waals surface area contributed by atoms with Gasteiger partial charge in [0.2, 0.25) is 12.7 Å². The first-order valence-electron chi connectivity index (χ1n) is 8.56. The highest BCUT2D eigenvalue weighted by molar-refractivity contribution is 5.45. The number of nitrogens with zero attached hydrogens (tertiary/aromatic N) is 3. The Hall–Kier alpha value is -2.38. The van der Waals surface area contributed by atoms with Gasteiger partial charge in [0.15, 0.2) is 11.5 Å². The van der Waals surface area contributed by atoms with E-state index >= 15 is 0 Å². The lowest BCUT2D eigenvalue weighted by Gasteiger charge is -2.26. The van der Waals surface area contributed by atoms with Crippen LogP contribution in [-0.2, 0) is 11.3 Å². The summed E-state index contributed by atoms with van der Waals surface area (Å²) in [5.41, 5.74) is 2.22. The summed E-state index contributed by atoms with van der Waals surface area (Å²) >= 11 is 0. The predicted octanol–water partition coefficient (Wildman–Crippen LogP) is 1.89. The fourth-order valence-corrected chi connectivity index (χ4v) is 2.94. The molecular formula is C18H22N4O3. The Morgan fingerprint density at radius 3 is 2.68 bits per heavy atom. The van der Waals surface area contributed by atoms with E-state index in [9.17, 15) is 0 Å². The van der Waals surface area contributed by atoms with Gasteiger partial charge in [0.25, 0.3) is 0 Å². The molecule has 1 saturated heterocycles. The minimum atomic E-state index is 0.188. The van der Waals surface area contributed by atoms with E-state index in [1.165, 1.54) is 0 Å². The standard InChI is InChI=1S/C18H22N4O3/c1-13(15-2-3-16-17(8-15)25-12-24-16)19-9-14-10-20-18(21-11-14)22-4-6-23-7-5-22/h2-3,8,10-11,13,19H,4-7,9,12H2,1H3/t13-/m1/s1. The van der Waals surface area contributed by atoms with Gasteiger partial charge in [-0.25, -0.2) is 9.97 Å². The monoisotopic (exact) mass is 342 g/mol. The number of anilines is 1. The van der Waals surface area contributed by atoms with Gasteiger partial charge >= 0.3 is 0 Å². The van der Waals surface area contributed by atoms with E-state index in [-0.39, 0.29) is 6.04 Å². The largest absolute Gasteiger partial charge is 0.454 e. The van der Waals surface area contributed by atoms with Gasteiger partial charge in [0.05, 0.1) is 13.2 Å². The highest BCUT2D eigenvalue weighted by Gasteiger charge is 2.16. The van der Waals surface area contributed by atoms with Gasteiger partial charge < -0.3 is 24.4 Å². The Morgan fingerprint density at radius 2 is 1.88 bits per heavy atom. The maximum Gasteiger partial charge on any atom is 0.231 e. The number of aromatic nitrogens is 2.